The molecule has 3 rings (SSSR count). The number of ketones is 1. The molecule has 5 heteroatoms. The van der Waals surface area contributed by atoms with Crippen LogP contribution in [0.2, 0.25) is 0 Å². The molecule has 2 aromatic rings. The summed E-state index contributed by atoms with van der Waals surface area (Å²) in [5, 5.41) is 9.09. The molecule has 1 aliphatic rings. The summed E-state index contributed by atoms with van der Waals surface area (Å²) < 4.78 is 5.26. The first kappa shape index (κ1) is 12.5. The minimum atomic E-state index is -1.00. The second-order valence-electron chi connectivity index (χ2n) is 4.67. The predicted molar refractivity (Wildman–Crippen MR) is 72.1 cm³/mol. The van der Waals surface area contributed by atoms with Crippen LogP contribution >= 0.6 is 0 Å². The molecule has 0 saturated carbocycles. The lowest BCUT2D eigenvalue weighted by molar-refractivity contribution is 0.0694. The van der Waals surface area contributed by atoms with Crippen molar-refractivity contribution in [3.63, 3.8) is 0 Å². The number of carboxylic acids is 1. The van der Waals surface area contributed by atoms with E-state index in [1.807, 2.05) is 23.1 Å². The number of carboxylic acid groups (broad SMARTS) is 1. The lowest BCUT2D eigenvalue weighted by atomic mass is 10.00. The van der Waals surface area contributed by atoms with E-state index in [4.69, 9.17) is 9.52 Å². The van der Waals surface area contributed by atoms with Crippen LogP contribution in [0.3, 0.4) is 0 Å². The van der Waals surface area contributed by atoms with Crippen LogP contribution in [0, 0.1) is 0 Å². The third kappa shape index (κ3) is 2.07. The fraction of sp³-hybridized carbons (Fsp3) is 0.200. The Bertz CT molecular complexity index is 674. The van der Waals surface area contributed by atoms with Crippen molar-refractivity contribution >= 4 is 17.4 Å². The van der Waals surface area contributed by atoms with Gasteiger partial charge in [-0.1, -0.05) is 12.1 Å². The summed E-state index contributed by atoms with van der Waals surface area (Å²) in [6, 6.07) is 8.80. The molecule has 0 radical (unpaired) electrons. The number of furan rings is 1. The first-order valence-corrected chi connectivity index (χ1v) is 6.33. The number of carbonyl (C=O) groups excluding carboxylic acids is 1. The second-order valence-corrected chi connectivity index (χ2v) is 4.67. The maximum atomic E-state index is 11.9. The van der Waals surface area contributed by atoms with Crippen LogP contribution in [-0.2, 0) is 6.54 Å². The van der Waals surface area contributed by atoms with Crippen LogP contribution in [0.15, 0.2) is 41.0 Å². The quantitative estimate of drug-likeness (QED) is 0.929. The van der Waals surface area contributed by atoms with E-state index in [2.05, 4.69) is 0 Å². The molecular formula is C15H13NO4. The van der Waals surface area contributed by atoms with Crippen LogP contribution < -0.4 is 4.90 Å². The summed E-state index contributed by atoms with van der Waals surface area (Å²) in [5.74, 6) is -0.480. The Hall–Kier alpha value is -2.56. The Labute approximate surface area is 115 Å². The van der Waals surface area contributed by atoms with E-state index in [1.165, 1.54) is 12.3 Å². The highest BCUT2D eigenvalue weighted by Gasteiger charge is 2.24. The molecule has 0 atom stereocenters. The van der Waals surface area contributed by atoms with Gasteiger partial charge in [0.2, 0.25) is 0 Å². The number of hydrogen-bond donors (Lipinski definition) is 1. The van der Waals surface area contributed by atoms with Crippen molar-refractivity contribution in [3.8, 4) is 0 Å². The van der Waals surface area contributed by atoms with Gasteiger partial charge in [0, 0.05) is 24.2 Å². The van der Waals surface area contributed by atoms with Gasteiger partial charge in [-0.2, -0.15) is 0 Å². The molecule has 0 fully saturated rings. The molecule has 0 amide bonds. The van der Waals surface area contributed by atoms with Crippen LogP contribution in [0.1, 0.15) is 32.9 Å². The van der Waals surface area contributed by atoms with Crippen LogP contribution in [0.5, 0.6) is 0 Å². The van der Waals surface area contributed by atoms with E-state index < -0.39 is 5.97 Å². The molecule has 20 heavy (non-hydrogen) atoms. The van der Waals surface area contributed by atoms with Crippen LogP contribution in [0.25, 0.3) is 0 Å². The summed E-state index contributed by atoms with van der Waals surface area (Å²) in [7, 11) is 0. The van der Waals surface area contributed by atoms with Gasteiger partial charge in [0.15, 0.2) is 5.78 Å². The Kier molecular flexibility index (Phi) is 3.02. The van der Waals surface area contributed by atoms with Crippen molar-refractivity contribution in [3.05, 3.63) is 53.5 Å². The molecule has 0 bridgehead atoms. The summed E-state index contributed by atoms with van der Waals surface area (Å²) >= 11 is 0. The summed E-state index contributed by atoms with van der Waals surface area (Å²) in [6.45, 7) is 0.911. The van der Waals surface area contributed by atoms with Gasteiger partial charge in [0.25, 0.3) is 0 Å². The molecule has 102 valence electrons. The first-order chi connectivity index (χ1) is 9.66. The minimum Gasteiger partial charge on any atom is -0.478 e. The standard InChI is InChI=1S/C15H13NO4/c17-13-5-7-16(12-4-2-1-3-10(12)13)9-14-11(15(18)19)6-8-20-14/h1-4,6,8H,5,7,9H2,(H,18,19). The van der Waals surface area contributed by atoms with Gasteiger partial charge in [-0.3, -0.25) is 4.79 Å². The van der Waals surface area contributed by atoms with Crippen molar-refractivity contribution in [2.75, 3.05) is 11.4 Å². The lowest BCUT2D eigenvalue weighted by Gasteiger charge is -2.29. The number of para-hydroxylation sites is 1. The number of hydrogen-bond acceptors (Lipinski definition) is 4. The Morgan fingerprint density at radius 1 is 1.30 bits per heavy atom. The number of fused-ring (bicyclic) bond motifs is 1. The molecule has 1 aromatic heterocycles. The fourth-order valence-electron chi connectivity index (χ4n) is 2.47. The molecule has 1 aromatic carbocycles. The summed E-state index contributed by atoms with van der Waals surface area (Å²) in [5.41, 5.74) is 1.68. The van der Waals surface area contributed by atoms with Crippen LogP contribution in [0.4, 0.5) is 5.69 Å². The van der Waals surface area contributed by atoms with E-state index in [-0.39, 0.29) is 11.3 Å². The third-order valence-corrected chi connectivity index (χ3v) is 3.46. The lowest BCUT2D eigenvalue weighted by Crippen LogP contribution is -2.31. The van der Waals surface area contributed by atoms with Crippen molar-refractivity contribution in [2.45, 2.75) is 13.0 Å². The highest BCUT2D eigenvalue weighted by atomic mass is 16.4. The zero-order valence-corrected chi connectivity index (χ0v) is 10.7. The monoisotopic (exact) mass is 271 g/mol. The van der Waals surface area contributed by atoms with Gasteiger partial charge < -0.3 is 14.4 Å². The number of anilines is 1. The van der Waals surface area contributed by atoms with Crippen molar-refractivity contribution in [2.24, 2.45) is 0 Å². The van der Waals surface area contributed by atoms with Crippen molar-refractivity contribution in [1.29, 1.82) is 0 Å². The molecule has 2 heterocycles. The Morgan fingerprint density at radius 3 is 2.90 bits per heavy atom. The predicted octanol–water partition coefficient (Wildman–Crippen LogP) is 2.57. The average molecular weight is 271 g/mol. The number of nitrogens with zero attached hydrogens (tertiary/aromatic N) is 1. The van der Waals surface area contributed by atoms with Gasteiger partial charge in [-0.05, 0) is 18.2 Å². The van der Waals surface area contributed by atoms with E-state index in [9.17, 15) is 9.59 Å². The van der Waals surface area contributed by atoms with Crippen molar-refractivity contribution < 1.29 is 19.1 Å². The van der Waals surface area contributed by atoms with Gasteiger partial charge in [0.05, 0.1) is 12.8 Å². The summed E-state index contributed by atoms with van der Waals surface area (Å²) in [4.78, 5) is 24.9. The largest absolute Gasteiger partial charge is 0.478 e. The summed E-state index contributed by atoms with van der Waals surface area (Å²) in [6.07, 6.45) is 1.81. The highest BCUT2D eigenvalue weighted by Crippen LogP contribution is 2.28. The van der Waals surface area contributed by atoms with Gasteiger partial charge in [0.1, 0.15) is 11.3 Å². The second kappa shape index (κ2) is 4.85. The van der Waals surface area contributed by atoms with E-state index in [0.29, 0.717) is 30.8 Å². The smallest absolute Gasteiger partial charge is 0.339 e. The number of aromatic carboxylic acids is 1. The van der Waals surface area contributed by atoms with E-state index >= 15 is 0 Å². The number of carbonyl (C=O) groups is 2. The number of Topliss-reactive ketones (excluding diaryl/α,β-unsaturated/α-hetero) is 1. The van der Waals surface area contributed by atoms with Gasteiger partial charge in [-0.25, -0.2) is 4.79 Å². The molecule has 0 unspecified atom stereocenters. The zero-order valence-electron chi connectivity index (χ0n) is 10.7. The van der Waals surface area contributed by atoms with Gasteiger partial charge >= 0.3 is 5.97 Å². The highest BCUT2D eigenvalue weighted by molar-refractivity contribution is 6.03. The number of benzene rings is 1. The van der Waals surface area contributed by atoms with Gasteiger partial charge in [-0.15, -0.1) is 0 Å². The molecule has 0 spiro atoms. The molecule has 5 nitrogen and oxygen atoms in total. The van der Waals surface area contributed by atoms with E-state index in [1.54, 1.807) is 6.07 Å². The minimum absolute atomic E-state index is 0.120. The fourth-order valence-corrected chi connectivity index (χ4v) is 2.47. The maximum Gasteiger partial charge on any atom is 0.339 e. The Morgan fingerprint density at radius 2 is 2.10 bits per heavy atom. The average Bonchev–Trinajstić information content (AvgIpc) is 2.91. The molecule has 1 N–H and O–H groups in total. The van der Waals surface area contributed by atoms with Crippen molar-refractivity contribution in [1.82, 2.24) is 0 Å². The topological polar surface area (TPSA) is 70.8 Å². The molecule has 1 aliphatic heterocycles. The number of rotatable bonds is 3. The molecular weight excluding hydrogens is 258 g/mol. The first-order valence-electron chi connectivity index (χ1n) is 6.33. The Balaban J connectivity index is 1.93. The SMILES string of the molecule is O=C1CCN(Cc2occc2C(=O)O)c2ccccc21. The van der Waals surface area contributed by atoms with E-state index in [0.717, 1.165) is 5.69 Å². The van der Waals surface area contributed by atoms with Crippen LogP contribution in [-0.4, -0.2) is 23.4 Å². The molecule has 0 aliphatic carbocycles. The molecule has 0 saturated heterocycles. The maximum absolute atomic E-state index is 11.9. The zero-order chi connectivity index (χ0) is 14.1. The normalized spacial score (nSPS) is 14.2. The third-order valence-electron chi connectivity index (χ3n) is 3.46.